The predicted molar refractivity (Wildman–Crippen MR) is 77.3 cm³/mol. The SMILES string of the molecule is Cc1csc2ncc(C(=O)NCC(C)CCO)c(=O)n12. The van der Waals surface area contributed by atoms with Crippen LogP contribution in [0.5, 0.6) is 0 Å². The number of thiazole rings is 1. The number of amides is 1. The number of nitrogens with one attached hydrogen (secondary N) is 1. The first-order valence-electron chi connectivity index (χ1n) is 6.39. The molecule has 108 valence electrons. The summed E-state index contributed by atoms with van der Waals surface area (Å²) in [5.41, 5.74) is 0.465. The van der Waals surface area contributed by atoms with Gasteiger partial charge in [-0.1, -0.05) is 6.92 Å². The zero-order valence-electron chi connectivity index (χ0n) is 11.4. The minimum atomic E-state index is -0.424. The molecule has 1 atom stereocenters. The molecule has 0 aliphatic heterocycles. The number of fused-ring (bicyclic) bond motifs is 1. The third kappa shape index (κ3) is 2.88. The highest BCUT2D eigenvalue weighted by Gasteiger charge is 2.15. The van der Waals surface area contributed by atoms with Crippen LogP contribution in [0.2, 0.25) is 0 Å². The highest BCUT2D eigenvalue weighted by Crippen LogP contribution is 2.11. The fraction of sp³-hybridized carbons (Fsp3) is 0.462. The predicted octanol–water partition coefficient (Wildman–Crippen LogP) is 0.813. The Hall–Kier alpha value is -1.73. The van der Waals surface area contributed by atoms with E-state index in [-0.39, 0.29) is 23.6 Å². The van der Waals surface area contributed by atoms with Gasteiger partial charge < -0.3 is 10.4 Å². The lowest BCUT2D eigenvalue weighted by Crippen LogP contribution is -2.34. The highest BCUT2D eigenvalue weighted by atomic mass is 32.1. The van der Waals surface area contributed by atoms with Gasteiger partial charge in [-0.15, -0.1) is 11.3 Å². The Morgan fingerprint density at radius 1 is 1.60 bits per heavy atom. The number of hydrogen-bond acceptors (Lipinski definition) is 5. The van der Waals surface area contributed by atoms with Gasteiger partial charge in [0.2, 0.25) is 0 Å². The van der Waals surface area contributed by atoms with Gasteiger partial charge in [0.1, 0.15) is 5.56 Å². The van der Waals surface area contributed by atoms with Crippen LogP contribution in [-0.4, -0.2) is 33.6 Å². The summed E-state index contributed by atoms with van der Waals surface area (Å²) in [7, 11) is 0. The Labute approximate surface area is 120 Å². The van der Waals surface area contributed by atoms with Crippen molar-refractivity contribution in [2.75, 3.05) is 13.2 Å². The first kappa shape index (κ1) is 14.7. The molecule has 1 unspecified atom stereocenters. The Morgan fingerprint density at radius 2 is 2.35 bits per heavy atom. The molecule has 0 radical (unpaired) electrons. The molecule has 2 rings (SSSR count). The molecule has 2 heterocycles. The molecule has 0 fully saturated rings. The minimum Gasteiger partial charge on any atom is -0.396 e. The molecule has 1 amide bonds. The van der Waals surface area contributed by atoms with E-state index < -0.39 is 5.91 Å². The fourth-order valence-corrected chi connectivity index (χ4v) is 2.69. The Morgan fingerprint density at radius 3 is 3.05 bits per heavy atom. The monoisotopic (exact) mass is 295 g/mol. The van der Waals surface area contributed by atoms with E-state index in [4.69, 9.17) is 5.11 Å². The lowest BCUT2D eigenvalue weighted by atomic mass is 10.1. The van der Waals surface area contributed by atoms with Crippen LogP contribution in [0, 0.1) is 12.8 Å². The summed E-state index contributed by atoms with van der Waals surface area (Å²) in [4.78, 5) is 29.0. The van der Waals surface area contributed by atoms with Crippen LogP contribution >= 0.6 is 11.3 Å². The van der Waals surface area contributed by atoms with Crippen molar-refractivity contribution in [1.29, 1.82) is 0 Å². The second-order valence-electron chi connectivity index (χ2n) is 4.80. The first-order valence-corrected chi connectivity index (χ1v) is 7.27. The molecule has 0 saturated carbocycles. The average molecular weight is 295 g/mol. The van der Waals surface area contributed by atoms with E-state index in [9.17, 15) is 9.59 Å². The first-order chi connectivity index (χ1) is 9.54. The van der Waals surface area contributed by atoms with E-state index in [2.05, 4.69) is 10.3 Å². The van der Waals surface area contributed by atoms with Crippen LogP contribution in [0.25, 0.3) is 4.96 Å². The zero-order chi connectivity index (χ0) is 14.7. The molecule has 0 aliphatic rings. The summed E-state index contributed by atoms with van der Waals surface area (Å²) >= 11 is 1.37. The highest BCUT2D eigenvalue weighted by molar-refractivity contribution is 7.15. The van der Waals surface area contributed by atoms with Gasteiger partial charge in [0.15, 0.2) is 4.96 Å². The average Bonchev–Trinajstić information content (AvgIpc) is 2.79. The van der Waals surface area contributed by atoms with Crippen molar-refractivity contribution in [3.8, 4) is 0 Å². The number of nitrogens with zero attached hydrogens (tertiary/aromatic N) is 2. The molecule has 7 heteroatoms. The number of aryl methyl sites for hydroxylation is 1. The molecule has 0 aliphatic carbocycles. The molecular weight excluding hydrogens is 278 g/mol. The molecule has 0 saturated heterocycles. The van der Waals surface area contributed by atoms with Crippen LogP contribution in [0.15, 0.2) is 16.4 Å². The second-order valence-corrected chi connectivity index (χ2v) is 5.64. The Bertz CT molecular complexity index is 677. The van der Waals surface area contributed by atoms with E-state index in [0.29, 0.717) is 17.9 Å². The lowest BCUT2D eigenvalue weighted by Gasteiger charge is -2.10. The molecule has 2 aromatic heterocycles. The summed E-state index contributed by atoms with van der Waals surface area (Å²) in [6, 6.07) is 0. The minimum absolute atomic E-state index is 0.0419. The third-order valence-electron chi connectivity index (χ3n) is 3.09. The van der Waals surface area contributed by atoms with E-state index in [0.717, 1.165) is 5.69 Å². The molecule has 2 aromatic rings. The number of carbonyl (C=O) groups is 1. The Kier molecular flexibility index (Phi) is 4.51. The molecule has 2 N–H and O–H groups in total. The van der Waals surface area contributed by atoms with Crippen molar-refractivity contribution < 1.29 is 9.90 Å². The largest absolute Gasteiger partial charge is 0.396 e. The van der Waals surface area contributed by atoms with Gasteiger partial charge in [-0.05, 0) is 19.3 Å². The van der Waals surface area contributed by atoms with Gasteiger partial charge in [-0.25, -0.2) is 4.98 Å². The van der Waals surface area contributed by atoms with E-state index >= 15 is 0 Å². The molecule has 20 heavy (non-hydrogen) atoms. The smallest absolute Gasteiger partial charge is 0.271 e. The van der Waals surface area contributed by atoms with Crippen molar-refractivity contribution >= 4 is 22.2 Å². The number of aliphatic hydroxyl groups excluding tert-OH is 1. The van der Waals surface area contributed by atoms with Gasteiger partial charge in [0, 0.05) is 30.4 Å². The van der Waals surface area contributed by atoms with Crippen LogP contribution in [0.4, 0.5) is 0 Å². The van der Waals surface area contributed by atoms with Gasteiger partial charge in [-0.3, -0.25) is 14.0 Å². The van der Waals surface area contributed by atoms with E-state index in [1.54, 1.807) is 6.92 Å². The molecule has 0 bridgehead atoms. The van der Waals surface area contributed by atoms with Crippen molar-refractivity contribution in [3.05, 3.63) is 33.2 Å². The standard InChI is InChI=1S/C13H17N3O3S/c1-8(3-4-17)5-14-11(18)10-6-15-13-16(12(10)19)9(2)7-20-13/h6-8,17H,3-5H2,1-2H3,(H,14,18). The number of aromatic nitrogens is 2. The number of hydrogen-bond donors (Lipinski definition) is 2. The van der Waals surface area contributed by atoms with Gasteiger partial charge in [-0.2, -0.15) is 0 Å². The summed E-state index contributed by atoms with van der Waals surface area (Å²) in [5, 5.41) is 13.3. The quantitative estimate of drug-likeness (QED) is 0.855. The summed E-state index contributed by atoms with van der Waals surface area (Å²) in [6.07, 6.45) is 1.93. The number of aliphatic hydroxyl groups is 1. The maximum Gasteiger partial charge on any atom is 0.271 e. The summed E-state index contributed by atoms with van der Waals surface area (Å²) < 4.78 is 1.44. The third-order valence-corrected chi connectivity index (χ3v) is 4.05. The van der Waals surface area contributed by atoms with Crippen molar-refractivity contribution in [1.82, 2.24) is 14.7 Å². The lowest BCUT2D eigenvalue weighted by molar-refractivity contribution is 0.0943. The molecule has 0 spiro atoms. The topological polar surface area (TPSA) is 83.7 Å². The number of carbonyl (C=O) groups excluding carboxylic acids is 1. The molecular formula is C13H17N3O3S. The summed E-state index contributed by atoms with van der Waals surface area (Å²) in [5.74, 6) is -0.265. The van der Waals surface area contributed by atoms with E-state index in [1.807, 2.05) is 12.3 Å². The van der Waals surface area contributed by atoms with Crippen LogP contribution in [0.1, 0.15) is 29.4 Å². The molecule has 0 aromatic carbocycles. The van der Waals surface area contributed by atoms with Gasteiger partial charge >= 0.3 is 0 Å². The van der Waals surface area contributed by atoms with Crippen LogP contribution in [-0.2, 0) is 0 Å². The van der Waals surface area contributed by atoms with Crippen molar-refractivity contribution in [3.63, 3.8) is 0 Å². The fourth-order valence-electron chi connectivity index (χ4n) is 1.87. The van der Waals surface area contributed by atoms with Gasteiger partial charge in [0.25, 0.3) is 11.5 Å². The Balaban J connectivity index is 2.20. The van der Waals surface area contributed by atoms with Crippen molar-refractivity contribution in [2.24, 2.45) is 5.92 Å². The maximum atomic E-state index is 12.3. The molecule has 6 nitrogen and oxygen atoms in total. The van der Waals surface area contributed by atoms with Gasteiger partial charge in [0.05, 0.1) is 0 Å². The van der Waals surface area contributed by atoms with Crippen LogP contribution in [0.3, 0.4) is 0 Å². The maximum absolute atomic E-state index is 12.3. The summed E-state index contributed by atoms with van der Waals surface area (Å²) in [6.45, 7) is 4.23. The normalized spacial score (nSPS) is 12.6. The second kappa shape index (κ2) is 6.15. The number of rotatable bonds is 5. The van der Waals surface area contributed by atoms with E-state index in [1.165, 1.54) is 21.9 Å². The zero-order valence-corrected chi connectivity index (χ0v) is 12.2. The van der Waals surface area contributed by atoms with Crippen molar-refractivity contribution in [2.45, 2.75) is 20.3 Å². The van der Waals surface area contributed by atoms with Crippen LogP contribution < -0.4 is 10.9 Å².